The quantitative estimate of drug-likeness (QED) is 0.0917. The highest BCUT2D eigenvalue weighted by molar-refractivity contribution is 5.94. The summed E-state index contributed by atoms with van der Waals surface area (Å²) in [6, 6.07) is 22.2. The van der Waals surface area contributed by atoms with Gasteiger partial charge in [0.2, 0.25) is 0 Å². The Morgan fingerprint density at radius 1 is 0.410 bits per heavy atom. The maximum Gasteiger partial charge on any atom is 0.135 e. The molecule has 0 heterocycles. The number of hydrogen-bond acceptors (Lipinski definition) is 4. The Kier molecular flexibility index (Phi) is 15.7. The van der Waals surface area contributed by atoms with Crippen LogP contribution in [0, 0.1) is 20.8 Å². The Bertz CT molecular complexity index is 2110. The number of benzene rings is 5. The van der Waals surface area contributed by atoms with Gasteiger partial charge >= 0.3 is 0 Å². The minimum atomic E-state index is 0.243. The number of aromatic hydroxyl groups is 2. The summed E-state index contributed by atoms with van der Waals surface area (Å²) in [7, 11) is 0. The maximum atomic E-state index is 12.8. The van der Waals surface area contributed by atoms with Crippen molar-refractivity contribution < 1.29 is 19.7 Å². The van der Waals surface area contributed by atoms with Crippen LogP contribution in [0.15, 0.2) is 60.7 Å². The zero-order chi connectivity index (χ0) is 45.0. The molecule has 5 rings (SSSR count). The number of rotatable bonds is 17. The van der Waals surface area contributed by atoms with E-state index in [1.807, 2.05) is 6.92 Å². The molecule has 0 bridgehead atoms. The molecule has 0 radical (unpaired) electrons. The van der Waals surface area contributed by atoms with Crippen LogP contribution in [-0.2, 0) is 4.74 Å². The minimum Gasteiger partial charge on any atom is -0.507 e. The normalized spacial score (nSPS) is 12.0. The van der Waals surface area contributed by atoms with Gasteiger partial charge in [-0.15, -0.1) is 0 Å². The van der Waals surface area contributed by atoms with Crippen molar-refractivity contribution in [2.24, 2.45) is 0 Å². The van der Waals surface area contributed by atoms with Crippen LogP contribution in [0.1, 0.15) is 188 Å². The van der Waals surface area contributed by atoms with E-state index in [0.29, 0.717) is 37.4 Å². The van der Waals surface area contributed by atoms with Gasteiger partial charge in [0.05, 0.1) is 6.61 Å². The molecule has 0 aliphatic carbocycles. The molecule has 328 valence electrons. The molecule has 0 unspecified atom stereocenters. The molecule has 0 spiro atoms. The molecule has 61 heavy (non-hydrogen) atoms. The van der Waals surface area contributed by atoms with Crippen molar-refractivity contribution in [2.75, 3.05) is 19.8 Å². The van der Waals surface area contributed by atoms with Crippen molar-refractivity contribution in [1.82, 2.24) is 0 Å². The van der Waals surface area contributed by atoms with Crippen LogP contribution >= 0.6 is 0 Å². The fraction of sp³-hybridized carbons (Fsp3) is 0.474. The molecule has 0 amide bonds. The first-order valence-corrected chi connectivity index (χ1v) is 23.2. The molecule has 0 saturated heterocycles. The Morgan fingerprint density at radius 2 is 0.721 bits per heavy atom. The lowest BCUT2D eigenvalue weighted by atomic mass is 9.80. The van der Waals surface area contributed by atoms with E-state index in [4.69, 9.17) is 9.47 Å². The van der Waals surface area contributed by atoms with Gasteiger partial charge in [-0.25, -0.2) is 0 Å². The molecule has 0 saturated carbocycles. The van der Waals surface area contributed by atoms with Crippen LogP contribution in [0.25, 0.3) is 44.5 Å². The van der Waals surface area contributed by atoms with E-state index in [9.17, 15) is 10.2 Å². The highest BCUT2D eigenvalue weighted by atomic mass is 16.5. The first-order valence-electron chi connectivity index (χ1n) is 23.2. The second kappa shape index (κ2) is 20.1. The lowest BCUT2D eigenvalue weighted by Crippen LogP contribution is -2.06. The summed E-state index contributed by atoms with van der Waals surface area (Å²) >= 11 is 0. The van der Waals surface area contributed by atoms with Crippen LogP contribution < -0.4 is 4.74 Å². The lowest BCUT2D eigenvalue weighted by Gasteiger charge is -2.26. The standard InChI is InChI=1S/C57H76O4/c1-17-60-20-18-19-21-61-57-49(47-22-38(14)26-51(55(47)58)53-43(34(6)7)28-41(32(2)3)29-44(53)35(8)9)24-40(16)25-50(57)48-23-39(15)27-52(56(48)59)54-45(36(10)11)30-42(33(4)5)31-46(54)37(12)13/h22-37,58-59H,17-21H2,1-16H3. The van der Waals surface area contributed by atoms with Crippen LogP contribution in [0.4, 0.5) is 0 Å². The van der Waals surface area contributed by atoms with Crippen LogP contribution in [-0.4, -0.2) is 30.0 Å². The number of phenols is 2. The Hall–Kier alpha value is -4.54. The number of aryl methyl sites for hydroxylation is 3. The molecule has 0 aliphatic heterocycles. The van der Waals surface area contributed by atoms with Gasteiger partial charge in [0.25, 0.3) is 0 Å². The highest BCUT2D eigenvalue weighted by Gasteiger charge is 2.28. The Balaban J connectivity index is 1.86. The van der Waals surface area contributed by atoms with E-state index in [2.05, 4.69) is 165 Å². The largest absolute Gasteiger partial charge is 0.507 e. The SMILES string of the molecule is CCOCCCCOc1c(-c2cc(C)cc(-c3c(C(C)C)cc(C(C)C)cc3C(C)C)c2O)cc(C)cc1-c1cc(C)cc(-c2c(C(C)C)cc(C(C)C)cc2C(C)C)c1O. The van der Waals surface area contributed by atoms with Gasteiger partial charge in [0.15, 0.2) is 0 Å². The third-order valence-electron chi connectivity index (χ3n) is 12.3. The van der Waals surface area contributed by atoms with Gasteiger partial charge in [-0.3, -0.25) is 0 Å². The third-order valence-corrected chi connectivity index (χ3v) is 12.3. The van der Waals surface area contributed by atoms with Gasteiger partial charge in [-0.2, -0.15) is 0 Å². The zero-order valence-electron chi connectivity index (χ0n) is 40.5. The molecule has 0 atom stereocenters. The molecular weight excluding hydrogens is 749 g/mol. The van der Waals surface area contributed by atoms with Crippen LogP contribution in [0.2, 0.25) is 0 Å². The van der Waals surface area contributed by atoms with Gasteiger partial charge in [-0.1, -0.05) is 107 Å². The molecule has 5 aromatic carbocycles. The number of unbranched alkanes of at least 4 members (excludes halogenated alkanes) is 1. The van der Waals surface area contributed by atoms with E-state index in [-0.39, 0.29) is 35.2 Å². The molecule has 0 aromatic heterocycles. The first kappa shape index (κ1) is 47.5. The smallest absolute Gasteiger partial charge is 0.135 e. The highest BCUT2D eigenvalue weighted by Crippen LogP contribution is 2.52. The van der Waals surface area contributed by atoms with Crippen molar-refractivity contribution in [2.45, 2.75) is 159 Å². The average Bonchev–Trinajstić information content (AvgIpc) is 3.19. The topological polar surface area (TPSA) is 58.9 Å². The summed E-state index contributed by atoms with van der Waals surface area (Å²) in [5, 5.41) is 25.5. The fourth-order valence-corrected chi connectivity index (χ4v) is 8.84. The summed E-state index contributed by atoms with van der Waals surface area (Å²) in [5.74, 6) is 2.93. The van der Waals surface area contributed by atoms with Crippen molar-refractivity contribution in [3.05, 3.63) is 111 Å². The number of phenolic OH excluding ortho intramolecular Hbond substituents is 2. The maximum absolute atomic E-state index is 12.8. The monoisotopic (exact) mass is 825 g/mol. The average molecular weight is 825 g/mol. The van der Waals surface area contributed by atoms with E-state index in [1.54, 1.807) is 0 Å². The van der Waals surface area contributed by atoms with Crippen molar-refractivity contribution in [3.8, 4) is 61.8 Å². The summed E-state index contributed by atoms with van der Waals surface area (Å²) in [6.45, 7) is 37.2. The Labute approximate surface area is 369 Å². The van der Waals surface area contributed by atoms with Crippen LogP contribution in [0.5, 0.6) is 17.2 Å². The molecule has 0 fully saturated rings. The lowest BCUT2D eigenvalue weighted by molar-refractivity contribution is 0.139. The van der Waals surface area contributed by atoms with Gasteiger partial charge < -0.3 is 19.7 Å². The summed E-state index contributed by atoms with van der Waals surface area (Å²) in [6.07, 6.45) is 1.67. The van der Waals surface area contributed by atoms with Gasteiger partial charge in [0.1, 0.15) is 17.2 Å². The summed E-state index contributed by atoms with van der Waals surface area (Å²) < 4.78 is 12.6. The Morgan fingerprint density at radius 3 is 1.03 bits per heavy atom. The molecular formula is C57H76O4. The number of ether oxygens (including phenoxy) is 2. The second-order valence-electron chi connectivity index (χ2n) is 19.4. The summed E-state index contributed by atoms with van der Waals surface area (Å²) in [5.41, 5.74) is 17.8. The molecule has 5 aromatic rings. The van der Waals surface area contributed by atoms with Crippen LogP contribution in [0.3, 0.4) is 0 Å². The van der Waals surface area contributed by atoms with Crippen molar-refractivity contribution >= 4 is 0 Å². The van der Waals surface area contributed by atoms with Gasteiger partial charge in [0, 0.05) is 46.6 Å². The van der Waals surface area contributed by atoms with E-state index in [0.717, 1.165) is 74.0 Å². The summed E-state index contributed by atoms with van der Waals surface area (Å²) in [4.78, 5) is 0. The predicted octanol–water partition coefficient (Wildman–Crippen LogP) is 16.6. The first-order chi connectivity index (χ1) is 28.8. The predicted molar refractivity (Wildman–Crippen MR) is 261 cm³/mol. The molecule has 0 aliphatic rings. The van der Waals surface area contributed by atoms with Gasteiger partial charge in [-0.05, 0) is 174 Å². The minimum absolute atomic E-state index is 0.243. The van der Waals surface area contributed by atoms with E-state index < -0.39 is 0 Å². The zero-order valence-corrected chi connectivity index (χ0v) is 40.5. The van der Waals surface area contributed by atoms with E-state index >= 15 is 0 Å². The fourth-order valence-electron chi connectivity index (χ4n) is 8.84. The number of hydrogen-bond donors (Lipinski definition) is 2. The van der Waals surface area contributed by atoms with Crippen molar-refractivity contribution in [3.63, 3.8) is 0 Å². The van der Waals surface area contributed by atoms with Crippen molar-refractivity contribution in [1.29, 1.82) is 0 Å². The molecule has 4 nitrogen and oxygen atoms in total. The second-order valence-corrected chi connectivity index (χ2v) is 19.4. The molecule has 2 N–H and O–H groups in total. The molecule has 4 heteroatoms. The third kappa shape index (κ3) is 10.4. The van der Waals surface area contributed by atoms with E-state index in [1.165, 1.54) is 33.4 Å².